The van der Waals surface area contributed by atoms with E-state index in [-0.39, 0.29) is 12.0 Å². The van der Waals surface area contributed by atoms with Gasteiger partial charge in [-0.3, -0.25) is 4.79 Å². The molecular formula is C9H18N2O3. The quantitative estimate of drug-likeness (QED) is 0.629. The highest BCUT2D eigenvalue weighted by atomic mass is 16.6. The summed E-state index contributed by atoms with van der Waals surface area (Å²) in [6.45, 7) is 4.14. The first-order chi connectivity index (χ1) is 6.74. The van der Waals surface area contributed by atoms with E-state index in [1.807, 2.05) is 6.92 Å². The fourth-order valence-corrected chi connectivity index (χ4v) is 1.19. The summed E-state index contributed by atoms with van der Waals surface area (Å²) in [4.78, 5) is 11.3. The zero-order valence-electron chi connectivity index (χ0n) is 8.49. The minimum atomic E-state index is -0.417. The molecule has 1 unspecified atom stereocenters. The predicted molar refractivity (Wildman–Crippen MR) is 51.8 cm³/mol. The molecule has 5 nitrogen and oxygen atoms in total. The van der Waals surface area contributed by atoms with Gasteiger partial charge < -0.3 is 20.5 Å². The Morgan fingerprint density at radius 2 is 2.43 bits per heavy atom. The van der Waals surface area contributed by atoms with E-state index >= 15 is 0 Å². The van der Waals surface area contributed by atoms with Crippen LogP contribution in [0.2, 0.25) is 0 Å². The average molecular weight is 202 g/mol. The van der Waals surface area contributed by atoms with Gasteiger partial charge in [-0.1, -0.05) is 6.92 Å². The van der Waals surface area contributed by atoms with E-state index in [2.05, 4.69) is 5.32 Å². The van der Waals surface area contributed by atoms with E-state index in [1.165, 1.54) is 0 Å². The lowest BCUT2D eigenvalue weighted by molar-refractivity contribution is -0.125. The van der Waals surface area contributed by atoms with Gasteiger partial charge in [-0.25, -0.2) is 0 Å². The van der Waals surface area contributed by atoms with E-state index in [1.54, 1.807) is 0 Å². The van der Waals surface area contributed by atoms with E-state index < -0.39 is 6.04 Å². The molecule has 5 heteroatoms. The summed E-state index contributed by atoms with van der Waals surface area (Å²) in [5.74, 6) is -0.123. The van der Waals surface area contributed by atoms with Crippen LogP contribution in [-0.4, -0.2) is 44.4 Å². The van der Waals surface area contributed by atoms with Gasteiger partial charge in [0.1, 0.15) is 0 Å². The number of nitrogens with two attached hydrogens (primary N) is 1. The largest absolute Gasteiger partial charge is 0.376 e. The third kappa shape index (κ3) is 3.61. The van der Waals surface area contributed by atoms with Crippen molar-refractivity contribution >= 4 is 5.91 Å². The van der Waals surface area contributed by atoms with E-state index in [0.29, 0.717) is 32.8 Å². The lowest BCUT2D eigenvalue weighted by Gasteiger charge is -2.23. The van der Waals surface area contributed by atoms with Crippen molar-refractivity contribution in [1.29, 1.82) is 0 Å². The number of rotatable bonds is 4. The lowest BCUT2D eigenvalue weighted by Crippen LogP contribution is -2.45. The van der Waals surface area contributed by atoms with Crippen molar-refractivity contribution in [2.75, 3.05) is 26.4 Å². The average Bonchev–Trinajstić information content (AvgIpc) is 2.26. The van der Waals surface area contributed by atoms with Crippen LogP contribution in [0.15, 0.2) is 0 Å². The van der Waals surface area contributed by atoms with Crippen LogP contribution in [0.1, 0.15) is 13.3 Å². The first-order valence-corrected chi connectivity index (χ1v) is 4.96. The summed E-state index contributed by atoms with van der Waals surface area (Å²) >= 11 is 0. The van der Waals surface area contributed by atoms with Gasteiger partial charge in [0, 0.05) is 6.54 Å². The van der Waals surface area contributed by atoms with Crippen LogP contribution in [0, 0.1) is 0 Å². The fraction of sp³-hybridized carbons (Fsp3) is 0.889. The third-order valence-electron chi connectivity index (χ3n) is 2.17. The van der Waals surface area contributed by atoms with Crippen molar-refractivity contribution in [2.24, 2.45) is 5.73 Å². The Labute approximate surface area is 83.9 Å². The Morgan fingerprint density at radius 3 is 3.00 bits per heavy atom. The maximum Gasteiger partial charge on any atom is 0.236 e. The molecular weight excluding hydrogens is 184 g/mol. The van der Waals surface area contributed by atoms with Crippen LogP contribution in [0.25, 0.3) is 0 Å². The summed E-state index contributed by atoms with van der Waals surface area (Å²) in [5.41, 5.74) is 5.55. The number of amides is 1. The zero-order valence-corrected chi connectivity index (χ0v) is 8.49. The van der Waals surface area contributed by atoms with Gasteiger partial charge in [0.15, 0.2) is 0 Å². The maximum absolute atomic E-state index is 11.3. The molecule has 1 heterocycles. The van der Waals surface area contributed by atoms with Gasteiger partial charge in [-0.05, 0) is 6.42 Å². The second kappa shape index (κ2) is 5.95. The van der Waals surface area contributed by atoms with Gasteiger partial charge in [-0.15, -0.1) is 0 Å². The molecule has 1 aliphatic rings. The van der Waals surface area contributed by atoms with Crippen molar-refractivity contribution < 1.29 is 14.3 Å². The summed E-state index contributed by atoms with van der Waals surface area (Å²) in [5, 5.41) is 2.73. The molecule has 0 radical (unpaired) electrons. The molecule has 82 valence electrons. The van der Waals surface area contributed by atoms with Gasteiger partial charge in [0.2, 0.25) is 5.91 Å². The Morgan fingerprint density at radius 1 is 1.64 bits per heavy atom. The number of ether oxygens (including phenoxy) is 2. The Hall–Kier alpha value is -0.650. The van der Waals surface area contributed by atoms with Crippen LogP contribution in [0.5, 0.6) is 0 Å². The highest BCUT2D eigenvalue weighted by molar-refractivity contribution is 5.81. The normalized spacial score (nSPS) is 24.3. The summed E-state index contributed by atoms with van der Waals surface area (Å²) in [6, 6.07) is -0.417. The SMILES string of the molecule is CC[C@H](N)C(=O)NCC1COCCO1. The predicted octanol–water partition coefficient (Wildman–Crippen LogP) is -0.745. The Kier molecular flexibility index (Phi) is 4.86. The van der Waals surface area contributed by atoms with Crippen LogP contribution in [0.3, 0.4) is 0 Å². The molecule has 0 aliphatic carbocycles. The third-order valence-corrected chi connectivity index (χ3v) is 2.17. The molecule has 1 rings (SSSR count). The van der Waals surface area contributed by atoms with Crippen molar-refractivity contribution in [3.05, 3.63) is 0 Å². The smallest absolute Gasteiger partial charge is 0.236 e. The van der Waals surface area contributed by atoms with E-state index in [9.17, 15) is 4.79 Å². The molecule has 0 aromatic carbocycles. The lowest BCUT2D eigenvalue weighted by atomic mass is 10.2. The molecule has 3 N–H and O–H groups in total. The zero-order chi connectivity index (χ0) is 10.4. The molecule has 1 fully saturated rings. The Bertz CT molecular complexity index is 181. The summed E-state index contributed by atoms with van der Waals surface area (Å²) in [7, 11) is 0. The molecule has 0 aromatic heterocycles. The monoisotopic (exact) mass is 202 g/mol. The van der Waals surface area contributed by atoms with Crippen molar-refractivity contribution in [1.82, 2.24) is 5.32 Å². The fourth-order valence-electron chi connectivity index (χ4n) is 1.19. The Balaban J connectivity index is 2.15. The van der Waals surface area contributed by atoms with Gasteiger partial charge >= 0.3 is 0 Å². The topological polar surface area (TPSA) is 73.6 Å². The summed E-state index contributed by atoms with van der Waals surface area (Å²) < 4.78 is 10.6. The molecule has 0 aromatic rings. The maximum atomic E-state index is 11.3. The second-order valence-corrected chi connectivity index (χ2v) is 3.33. The molecule has 1 aliphatic heterocycles. The molecule has 0 spiro atoms. The standard InChI is InChI=1S/C9H18N2O3/c1-2-8(10)9(12)11-5-7-6-13-3-4-14-7/h7-8H,2-6,10H2,1H3,(H,11,12)/t7?,8-/m0/s1. The number of nitrogens with one attached hydrogen (secondary N) is 1. The van der Waals surface area contributed by atoms with E-state index in [0.717, 1.165) is 0 Å². The number of hydrogen-bond donors (Lipinski definition) is 2. The number of carbonyl (C=O) groups is 1. The minimum Gasteiger partial charge on any atom is -0.376 e. The number of carbonyl (C=O) groups excluding carboxylic acids is 1. The summed E-state index contributed by atoms with van der Waals surface area (Å²) in [6.07, 6.45) is 0.616. The first-order valence-electron chi connectivity index (χ1n) is 4.96. The molecule has 1 amide bonds. The number of hydrogen-bond acceptors (Lipinski definition) is 4. The molecule has 1 saturated heterocycles. The highest BCUT2D eigenvalue weighted by Gasteiger charge is 2.17. The second-order valence-electron chi connectivity index (χ2n) is 3.33. The first kappa shape index (κ1) is 11.4. The van der Waals surface area contributed by atoms with Crippen LogP contribution >= 0.6 is 0 Å². The van der Waals surface area contributed by atoms with E-state index in [4.69, 9.17) is 15.2 Å². The van der Waals surface area contributed by atoms with Gasteiger partial charge in [0.25, 0.3) is 0 Å². The molecule has 0 saturated carbocycles. The molecule has 0 bridgehead atoms. The minimum absolute atomic E-state index is 0.0308. The van der Waals surface area contributed by atoms with Gasteiger partial charge in [-0.2, -0.15) is 0 Å². The van der Waals surface area contributed by atoms with Crippen molar-refractivity contribution in [3.63, 3.8) is 0 Å². The highest BCUT2D eigenvalue weighted by Crippen LogP contribution is 1.99. The van der Waals surface area contributed by atoms with Crippen molar-refractivity contribution in [3.8, 4) is 0 Å². The molecule has 14 heavy (non-hydrogen) atoms. The van der Waals surface area contributed by atoms with Crippen LogP contribution in [0.4, 0.5) is 0 Å². The van der Waals surface area contributed by atoms with Crippen LogP contribution in [-0.2, 0) is 14.3 Å². The van der Waals surface area contributed by atoms with Gasteiger partial charge in [0.05, 0.1) is 32.0 Å². The van der Waals surface area contributed by atoms with Crippen molar-refractivity contribution in [2.45, 2.75) is 25.5 Å². The van der Waals surface area contributed by atoms with Crippen LogP contribution < -0.4 is 11.1 Å². The molecule has 2 atom stereocenters.